The number of nitrogens with zero attached hydrogens (tertiary/aromatic N) is 2. The molecule has 0 fully saturated rings. The van der Waals surface area contributed by atoms with E-state index in [1.54, 1.807) is 11.3 Å². The fraction of sp³-hybridized carbons (Fsp3) is 0.353. The van der Waals surface area contributed by atoms with Gasteiger partial charge < -0.3 is 5.73 Å². The van der Waals surface area contributed by atoms with Crippen LogP contribution in [-0.2, 0) is 9.59 Å². The average Bonchev–Trinajstić information content (AvgIpc) is 2.95. The van der Waals surface area contributed by atoms with Crippen molar-refractivity contribution in [3.63, 3.8) is 0 Å². The first-order valence-electron chi connectivity index (χ1n) is 7.73. The molecule has 1 aliphatic carbocycles. The molecule has 2 heterocycles. The Balaban J connectivity index is 2.22. The Morgan fingerprint density at radius 1 is 1.46 bits per heavy atom. The molecule has 0 bridgehead atoms. The van der Waals surface area contributed by atoms with Crippen molar-refractivity contribution in [2.45, 2.75) is 39.0 Å². The molecule has 1 atom stereocenters. The van der Waals surface area contributed by atoms with Crippen molar-refractivity contribution in [2.75, 3.05) is 0 Å². The second-order valence-corrected chi connectivity index (χ2v) is 7.25. The Hall–Kier alpha value is -2.59. The van der Waals surface area contributed by atoms with Gasteiger partial charge in [-0.3, -0.25) is 15.0 Å². The molecule has 0 radical (unpaired) electrons. The van der Waals surface area contributed by atoms with E-state index in [4.69, 9.17) is 5.73 Å². The summed E-state index contributed by atoms with van der Waals surface area (Å²) in [4.78, 5) is 26.2. The van der Waals surface area contributed by atoms with E-state index in [-0.39, 0.29) is 17.5 Å². The van der Waals surface area contributed by atoms with Gasteiger partial charge in [0.15, 0.2) is 5.78 Å². The van der Waals surface area contributed by atoms with E-state index in [2.05, 4.69) is 11.5 Å². The molecule has 3 rings (SSSR count). The number of nitriles is 1. The van der Waals surface area contributed by atoms with Crippen molar-refractivity contribution in [1.29, 1.82) is 5.26 Å². The van der Waals surface area contributed by atoms with Gasteiger partial charge in [0.05, 0.1) is 23.3 Å². The van der Waals surface area contributed by atoms with Crippen LogP contribution in [0, 0.1) is 18.3 Å². The monoisotopic (exact) mass is 342 g/mol. The Morgan fingerprint density at radius 3 is 2.79 bits per heavy atom. The molecule has 24 heavy (non-hydrogen) atoms. The summed E-state index contributed by atoms with van der Waals surface area (Å²) in [7, 11) is 0. The maximum atomic E-state index is 12.7. The number of hydrazine groups is 1. The van der Waals surface area contributed by atoms with E-state index >= 15 is 0 Å². The third-order valence-corrected chi connectivity index (χ3v) is 5.29. The number of amides is 1. The van der Waals surface area contributed by atoms with Crippen molar-refractivity contribution in [1.82, 2.24) is 10.4 Å². The molecule has 0 saturated carbocycles. The van der Waals surface area contributed by atoms with Gasteiger partial charge in [-0.15, -0.1) is 11.3 Å². The van der Waals surface area contributed by atoms with Gasteiger partial charge >= 0.3 is 0 Å². The summed E-state index contributed by atoms with van der Waals surface area (Å²) in [6.07, 6.45) is 1.80. The molecular formula is C17H18N4O2S. The molecule has 0 saturated heterocycles. The van der Waals surface area contributed by atoms with Crippen LogP contribution in [0.25, 0.3) is 0 Å². The first kappa shape index (κ1) is 16.3. The molecule has 1 aromatic rings. The van der Waals surface area contributed by atoms with Gasteiger partial charge in [0.25, 0.3) is 0 Å². The Bertz CT molecular complexity index is 828. The van der Waals surface area contributed by atoms with Crippen molar-refractivity contribution >= 4 is 23.0 Å². The van der Waals surface area contributed by atoms with Gasteiger partial charge in [-0.1, -0.05) is 0 Å². The highest BCUT2D eigenvalue weighted by atomic mass is 32.1. The maximum absolute atomic E-state index is 12.7. The van der Waals surface area contributed by atoms with Crippen molar-refractivity contribution < 1.29 is 9.59 Å². The van der Waals surface area contributed by atoms with E-state index in [9.17, 15) is 14.9 Å². The molecule has 0 spiro atoms. The van der Waals surface area contributed by atoms with Crippen LogP contribution in [0.3, 0.4) is 0 Å². The molecule has 7 heteroatoms. The number of aryl methyl sites for hydroxylation is 1. The van der Waals surface area contributed by atoms with Gasteiger partial charge in [0.1, 0.15) is 5.82 Å². The maximum Gasteiger partial charge on any atom is 0.235 e. The molecule has 1 amide bonds. The SMILES string of the molecule is CC(=O)NN1C(N)=C(C#N)C(c2ccc(C)s2)C2=C1CCCC2=O. The first-order chi connectivity index (χ1) is 11.4. The number of carbonyl (C=O) groups is 2. The third-order valence-electron chi connectivity index (χ3n) is 4.23. The van der Waals surface area contributed by atoms with Gasteiger partial charge in [-0.05, 0) is 31.9 Å². The number of ketones is 1. The van der Waals surface area contributed by atoms with Crippen LogP contribution >= 0.6 is 11.3 Å². The highest BCUT2D eigenvalue weighted by Gasteiger charge is 2.40. The number of allylic oxidation sites excluding steroid dienone is 3. The molecular weight excluding hydrogens is 324 g/mol. The number of hydrogen-bond acceptors (Lipinski definition) is 6. The van der Waals surface area contributed by atoms with E-state index in [1.807, 2.05) is 19.1 Å². The second-order valence-electron chi connectivity index (χ2n) is 5.93. The molecule has 3 N–H and O–H groups in total. The molecule has 0 aromatic carbocycles. The minimum atomic E-state index is -0.443. The topological polar surface area (TPSA) is 99.2 Å². The number of hydrogen-bond donors (Lipinski definition) is 2. The highest BCUT2D eigenvalue weighted by molar-refractivity contribution is 7.12. The largest absolute Gasteiger partial charge is 0.383 e. The van der Waals surface area contributed by atoms with Crippen molar-refractivity contribution in [2.24, 2.45) is 5.73 Å². The molecule has 1 unspecified atom stereocenters. The lowest BCUT2D eigenvalue weighted by molar-refractivity contribution is -0.123. The zero-order valence-corrected chi connectivity index (χ0v) is 14.4. The van der Waals surface area contributed by atoms with Crippen molar-refractivity contribution in [3.05, 3.63) is 44.6 Å². The molecule has 6 nitrogen and oxygen atoms in total. The number of nitrogens with two attached hydrogens (primary N) is 1. The van der Waals surface area contributed by atoms with Gasteiger partial charge in [-0.25, -0.2) is 5.01 Å². The van der Waals surface area contributed by atoms with Crippen LogP contribution in [0.1, 0.15) is 41.9 Å². The summed E-state index contributed by atoms with van der Waals surface area (Å²) < 4.78 is 0. The Morgan fingerprint density at radius 2 is 2.21 bits per heavy atom. The zero-order valence-electron chi connectivity index (χ0n) is 13.5. The van der Waals surface area contributed by atoms with E-state index in [0.717, 1.165) is 9.75 Å². The smallest absolute Gasteiger partial charge is 0.235 e. The number of rotatable bonds is 2. The van der Waals surface area contributed by atoms with Crippen LogP contribution in [0.2, 0.25) is 0 Å². The van der Waals surface area contributed by atoms with Crippen LogP contribution in [0.15, 0.2) is 34.8 Å². The van der Waals surface area contributed by atoms with Crippen molar-refractivity contribution in [3.8, 4) is 6.07 Å². The lowest BCUT2D eigenvalue weighted by Crippen LogP contribution is -2.47. The predicted octanol–water partition coefficient (Wildman–Crippen LogP) is 2.21. The quantitative estimate of drug-likeness (QED) is 0.858. The number of carbonyl (C=O) groups excluding carboxylic acids is 2. The van der Waals surface area contributed by atoms with E-state index in [0.29, 0.717) is 36.1 Å². The lowest BCUT2D eigenvalue weighted by Gasteiger charge is -2.38. The molecule has 1 aromatic heterocycles. The normalized spacial score (nSPS) is 20.8. The van der Waals surface area contributed by atoms with Crippen LogP contribution < -0.4 is 11.2 Å². The minimum Gasteiger partial charge on any atom is -0.383 e. The summed E-state index contributed by atoms with van der Waals surface area (Å²) in [5.74, 6) is -0.535. The summed E-state index contributed by atoms with van der Waals surface area (Å²) in [5, 5.41) is 11.1. The Labute approximate surface area is 144 Å². The summed E-state index contributed by atoms with van der Waals surface area (Å²) >= 11 is 1.56. The van der Waals surface area contributed by atoms with Gasteiger partial charge in [-0.2, -0.15) is 5.26 Å². The summed E-state index contributed by atoms with van der Waals surface area (Å²) in [6, 6.07) is 6.06. The van der Waals surface area contributed by atoms with Gasteiger partial charge in [0.2, 0.25) is 5.91 Å². The average molecular weight is 342 g/mol. The fourth-order valence-corrected chi connectivity index (χ4v) is 4.26. The molecule has 2 aliphatic rings. The molecule has 124 valence electrons. The zero-order chi connectivity index (χ0) is 17.4. The number of thiophene rings is 1. The van der Waals surface area contributed by atoms with Crippen LogP contribution in [0.5, 0.6) is 0 Å². The molecule has 1 aliphatic heterocycles. The predicted molar refractivity (Wildman–Crippen MR) is 90.2 cm³/mol. The highest BCUT2D eigenvalue weighted by Crippen LogP contribution is 2.45. The Kier molecular flexibility index (Phi) is 4.16. The fourth-order valence-electron chi connectivity index (χ4n) is 3.26. The van der Waals surface area contributed by atoms with E-state index in [1.165, 1.54) is 11.9 Å². The van der Waals surface area contributed by atoms with Gasteiger partial charge in [0, 0.05) is 28.7 Å². The van der Waals surface area contributed by atoms with Crippen LogP contribution in [-0.4, -0.2) is 16.7 Å². The third kappa shape index (κ3) is 2.59. The first-order valence-corrected chi connectivity index (χ1v) is 8.55. The minimum absolute atomic E-state index is 0.0166. The van der Waals surface area contributed by atoms with E-state index < -0.39 is 5.92 Å². The second kappa shape index (κ2) is 6.13. The number of nitrogens with one attached hydrogen (secondary N) is 1. The number of Topliss-reactive ketones (excluding diaryl/α,β-unsaturated/α-hetero) is 1. The van der Waals surface area contributed by atoms with Crippen LogP contribution in [0.4, 0.5) is 0 Å². The lowest BCUT2D eigenvalue weighted by atomic mass is 9.79. The standard InChI is InChI=1S/C17H18N4O2S/c1-9-6-7-14(24-9)15-11(8-18)17(19)21(20-10(2)22)12-4-3-5-13(23)16(12)15/h6-7,15H,3-5,19H2,1-2H3,(H,20,22). The summed E-state index contributed by atoms with van der Waals surface area (Å²) in [5.41, 5.74) is 10.4. The summed E-state index contributed by atoms with van der Waals surface area (Å²) in [6.45, 7) is 3.36.